The molecule has 7 nitrogen and oxygen atoms in total. The van der Waals surface area contributed by atoms with E-state index < -0.39 is 0 Å². The average Bonchev–Trinajstić information content (AvgIpc) is 3.22. The summed E-state index contributed by atoms with van der Waals surface area (Å²) in [6.45, 7) is 5.61. The molecule has 1 aliphatic carbocycles. The van der Waals surface area contributed by atoms with Crippen LogP contribution >= 0.6 is 0 Å². The summed E-state index contributed by atoms with van der Waals surface area (Å²) in [4.78, 5) is 30.0. The van der Waals surface area contributed by atoms with E-state index in [1.165, 1.54) is 0 Å². The van der Waals surface area contributed by atoms with Crippen molar-refractivity contribution in [2.24, 2.45) is 5.92 Å². The quantitative estimate of drug-likeness (QED) is 0.428. The summed E-state index contributed by atoms with van der Waals surface area (Å²) in [5.74, 6) is 3.04. The minimum absolute atomic E-state index is 0.0571. The molecule has 0 radical (unpaired) electrons. The zero-order valence-electron chi connectivity index (χ0n) is 21.0. The lowest BCUT2D eigenvalue weighted by Gasteiger charge is -2.33. The predicted octanol–water partition coefficient (Wildman–Crippen LogP) is 4.61. The molecule has 1 aromatic heterocycles. The highest BCUT2D eigenvalue weighted by Crippen LogP contribution is 2.29. The number of hydrogen-bond acceptors (Lipinski definition) is 5. The van der Waals surface area contributed by atoms with E-state index in [1.54, 1.807) is 24.0 Å². The highest BCUT2D eigenvalue weighted by molar-refractivity contribution is 5.86. The van der Waals surface area contributed by atoms with E-state index in [9.17, 15) is 9.59 Å². The zero-order valence-corrected chi connectivity index (χ0v) is 21.0. The summed E-state index contributed by atoms with van der Waals surface area (Å²) < 4.78 is 16.5. The zero-order chi connectivity index (χ0) is 24.5. The Balaban J connectivity index is 1.72. The maximum atomic E-state index is 13.5. The van der Waals surface area contributed by atoms with E-state index in [2.05, 4.69) is 6.92 Å². The number of methoxy groups -OCH3 is 2. The molecule has 1 aromatic carbocycles. The monoisotopic (exact) mass is 470 g/mol. The third-order valence-electron chi connectivity index (χ3n) is 6.49. The van der Waals surface area contributed by atoms with Crippen LogP contribution in [0.25, 0.3) is 0 Å². The van der Waals surface area contributed by atoms with Crippen LogP contribution in [0.1, 0.15) is 56.1 Å². The number of carbonyl (C=O) groups excluding carboxylic acids is 2. The fourth-order valence-corrected chi connectivity index (χ4v) is 4.14. The summed E-state index contributed by atoms with van der Waals surface area (Å²) >= 11 is 0. The van der Waals surface area contributed by atoms with Crippen LogP contribution in [0.5, 0.6) is 11.5 Å². The number of nitrogens with zero attached hydrogens (tertiary/aromatic N) is 2. The van der Waals surface area contributed by atoms with Crippen molar-refractivity contribution in [3.63, 3.8) is 0 Å². The second kappa shape index (κ2) is 12.5. The minimum Gasteiger partial charge on any atom is -0.493 e. The first kappa shape index (κ1) is 25.7. The van der Waals surface area contributed by atoms with Gasteiger partial charge >= 0.3 is 0 Å². The van der Waals surface area contributed by atoms with Crippen molar-refractivity contribution in [1.82, 2.24) is 9.80 Å². The van der Waals surface area contributed by atoms with Gasteiger partial charge < -0.3 is 23.7 Å². The second-order valence-electron chi connectivity index (χ2n) is 9.01. The normalized spacial score (nSPS) is 13.3. The van der Waals surface area contributed by atoms with Crippen molar-refractivity contribution < 1.29 is 23.5 Å². The molecule has 0 N–H and O–H groups in total. The molecule has 2 aromatic rings. The van der Waals surface area contributed by atoms with Gasteiger partial charge in [-0.25, -0.2) is 0 Å². The van der Waals surface area contributed by atoms with Gasteiger partial charge in [-0.15, -0.1) is 0 Å². The first-order chi connectivity index (χ1) is 16.4. The van der Waals surface area contributed by atoms with Crippen LogP contribution in [0.2, 0.25) is 0 Å². The summed E-state index contributed by atoms with van der Waals surface area (Å²) in [6, 6.07) is 9.60. The number of benzene rings is 1. The number of rotatable bonds is 13. The Morgan fingerprint density at radius 2 is 1.79 bits per heavy atom. The van der Waals surface area contributed by atoms with Crippen molar-refractivity contribution in [1.29, 1.82) is 0 Å². The molecule has 186 valence electrons. The van der Waals surface area contributed by atoms with Crippen molar-refractivity contribution >= 4 is 11.8 Å². The molecule has 2 amide bonds. The Labute approximate surface area is 203 Å². The van der Waals surface area contributed by atoms with Crippen LogP contribution in [0.3, 0.4) is 0 Å². The smallest absolute Gasteiger partial charge is 0.242 e. The molecule has 1 aliphatic rings. The summed E-state index contributed by atoms with van der Waals surface area (Å²) in [5, 5.41) is 0. The van der Waals surface area contributed by atoms with Gasteiger partial charge in [0.25, 0.3) is 0 Å². The Morgan fingerprint density at radius 1 is 1.03 bits per heavy atom. The largest absolute Gasteiger partial charge is 0.493 e. The molecule has 0 bridgehead atoms. The molecule has 3 rings (SSSR count). The van der Waals surface area contributed by atoms with E-state index in [1.807, 2.05) is 37.3 Å². The topological polar surface area (TPSA) is 72.2 Å². The van der Waals surface area contributed by atoms with Gasteiger partial charge in [-0.1, -0.05) is 25.8 Å². The minimum atomic E-state index is -0.0571. The highest BCUT2D eigenvalue weighted by atomic mass is 16.5. The fourth-order valence-electron chi connectivity index (χ4n) is 4.14. The predicted molar refractivity (Wildman–Crippen MR) is 131 cm³/mol. The molecule has 0 saturated heterocycles. The van der Waals surface area contributed by atoms with Crippen LogP contribution in [0, 0.1) is 12.8 Å². The van der Waals surface area contributed by atoms with Gasteiger partial charge in [-0.05, 0) is 62.4 Å². The second-order valence-corrected chi connectivity index (χ2v) is 9.01. The molecule has 1 saturated carbocycles. The first-order valence-electron chi connectivity index (χ1n) is 12.3. The molecule has 0 spiro atoms. The molecule has 34 heavy (non-hydrogen) atoms. The van der Waals surface area contributed by atoms with Gasteiger partial charge in [0.1, 0.15) is 11.5 Å². The van der Waals surface area contributed by atoms with E-state index in [0.717, 1.165) is 49.2 Å². The Bertz CT molecular complexity index is 950. The Morgan fingerprint density at radius 3 is 2.38 bits per heavy atom. The maximum Gasteiger partial charge on any atom is 0.242 e. The lowest BCUT2D eigenvalue weighted by molar-refractivity contribution is -0.145. The Kier molecular flexibility index (Phi) is 9.42. The van der Waals surface area contributed by atoms with E-state index in [-0.39, 0.29) is 24.3 Å². The number of ether oxygens (including phenoxy) is 2. The van der Waals surface area contributed by atoms with Gasteiger partial charge in [-0.3, -0.25) is 9.59 Å². The van der Waals surface area contributed by atoms with Crippen LogP contribution in [0.4, 0.5) is 0 Å². The van der Waals surface area contributed by atoms with Crippen molar-refractivity contribution in [2.75, 3.05) is 33.9 Å². The number of hydrogen-bond donors (Lipinski definition) is 0. The molecule has 0 unspecified atom stereocenters. The van der Waals surface area contributed by atoms with E-state index >= 15 is 0 Å². The van der Waals surface area contributed by atoms with Crippen LogP contribution < -0.4 is 9.47 Å². The van der Waals surface area contributed by atoms with Gasteiger partial charge in [0.05, 0.1) is 27.3 Å². The van der Waals surface area contributed by atoms with Crippen molar-refractivity contribution in [3.8, 4) is 11.5 Å². The maximum absolute atomic E-state index is 13.5. The third-order valence-corrected chi connectivity index (χ3v) is 6.49. The number of carbonyl (C=O) groups is 2. The number of aryl methyl sites for hydroxylation is 1. The molecule has 0 atom stereocenters. The van der Waals surface area contributed by atoms with Crippen LogP contribution in [-0.2, 0) is 22.6 Å². The summed E-state index contributed by atoms with van der Waals surface area (Å²) in [5.41, 5.74) is 1.04. The van der Waals surface area contributed by atoms with E-state index in [4.69, 9.17) is 13.9 Å². The number of unbranched alkanes of at least 4 members (excludes halogenated alkanes) is 1. The van der Waals surface area contributed by atoms with Gasteiger partial charge in [-0.2, -0.15) is 0 Å². The molecule has 1 heterocycles. The Hall–Kier alpha value is -2.96. The van der Waals surface area contributed by atoms with E-state index in [0.29, 0.717) is 37.6 Å². The molecule has 7 heteroatoms. The standard InChI is InChI=1S/C27H38N2O5/c1-5-6-15-29(27(31)22-8-7-9-22)19-26(30)28(18-23-12-10-20(2)34-23)16-14-21-11-13-24(32-3)25(17-21)33-4/h10-13,17,22H,5-9,14-16,18-19H2,1-4H3. The summed E-state index contributed by atoms with van der Waals surface area (Å²) in [7, 11) is 3.22. The van der Waals surface area contributed by atoms with Crippen molar-refractivity contribution in [2.45, 2.75) is 58.9 Å². The average molecular weight is 471 g/mol. The number of amides is 2. The third kappa shape index (κ3) is 6.78. The van der Waals surface area contributed by atoms with Gasteiger partial charge in [0, 0.05) is 19.0 Å². The first-order valence-corrected chi connectivity index (χ1v) is 12.3. The molecule has 1 fully saturated rings. The summed E-state index contributed by atoms with van der Waals surface area (Å²) in [6.07, 6.45) is 5.50. The molecule has 0 aliphatic heterocycles. The number of furan rings is 1. The lowest BCUT2D eigenvalue weighted by atomic mass is 9.84. The van der Waals surface area contributed by atoms with Gasteiger partial charge in [0.15, 0.2) is 11.5 Å². The van der Waals surface area contributed by atoms with Gasteiger partial charge in [0.2, 0.25) is 11.8 Å². The van der Waals surface area contributed by atoms with Crippen LogP contribution in [-0.4, -0.2) is 55.5 Å². The molecular formula is C27H38N2O5. The molecular weight excluding hydrogens is 432 g/mol. The SMILES string of the molecule is CCCCN(CC(=O)N(CCc1ccc(OC)c(OC)c1)Cc1ccc(C)o1)C(=O)C1CCC1. The fraction of sp³-hybridized carbons (Fsp3) is 0.556. The lowest BCUT2D eigenvalue weighted by Crippen LogP contribution is -2.46. The highest BCUT2D eigenvalue weighted by Gasteiger charge is 2.31. The van der Waals surface area contributed by atoms with Crippen LogP contribution in [0.15, 0.2) is 34.7 Å². The van der Waals surface area contributed by atoms with Crippen molar-refractivity contribution in [3.05, 3.63) is 47.4 Å².